The predicted octanol–water partition coefficient (Wildman–Crippen LogP) is 1.91. The van der Waals surface area contributed by atoms with Crippen molar-refractivity contribution in [2.24, 2.45) is 5.92 Å². The molecule has 1 N–H and O–H groups in total. The Morgan fingerprint density at radius 3 is 2.58 bits per heavy atom. The summed E-state index contributed by atoms with van der Waals surface area (Å²) in [5, 5.41) is 2.45. The lowest BCUT2D eigenvalue weighted by atomic mass is 9.96. The smallest absolute Gasteiger partial charge is 0.325 e. The molecule has 108 valence electrons. The van der Waals surface area contributed by atoms with E-state index in [-0.39, 0.29) is 11.9 Å². The Kier molecular flexibility index (Phi) is 4.45. The van der Waals surface area contributed by atoms with Crippen molar-refractivity contribution >= 4 is 11.9 Å². The highest BCUT2D eigenvalue weighted by Crippen LogP contribution is 2.38. The van der Waals surface area contributed by atoms with E-state index in [0.29, 0.717) is 25.7 Å². The van der Waals surface area contributed by atoms with Gasteiger partial charge >= 0.3 is 6.03 Å². The van der Waals surface area contributed by atoms with Crippen LogP contribution in [0.1, 0.15) is 46.0 Å². The molecule has 19 heavy (non-hydrogen) atoms. The number of urea groups is 1. The minimum atomic E-state index is -0.571. The Labute approximate surface area is 114 Å². The van der Waals surface area contributed by atoms with E-state index in [2.05, 4.69) is 19.2 Å². The zero-order valence-corrected chi connectivity index (χ0v) is 11.9. The number of hydrogen-bond donors (Lipinski definition) is 1. The molecule has 1 spiro atoms. The van der Waals surface area contributed by atoms with Crippen LogP contribution in [0.25, 0.3) is 0 Å². The fourth-order valence-corrected chi connectivity index (χ4v) is 2.95. The molecule has 1 aliphatic carbocycles. The van der Waals surface area contributed by atoms with Gasteiger partial charge in [0, 0.05) is 13.2 Å². The van der Waals surface area contributed by atoms with Crippen molar-refractivity contribution in [3.05, 3.63) is 0 Å². The van der Waals surface area contributed by atoms with Crippen LogP contribution in [0.4, 0.5) is 4.79 Å². The lowest BCUT2D eigenvalue weighted by Crippen LogP contribution is -2.48. The molecular formula is C14H24N2O3. The molecular weight excluding hydrogens is 244 g/mol. The predicted molar refractivity (Wildman–Crippen MR) is 71.7 cm³/mol. The number of ether oxygens (including phenoxy) is 1. The first-order valence-electron chi connectivity index (χ1n) is 7.27. The minimum absolute atomic E-state index is 0.114. The molecule has 0 unspecified atom stereocenters. The molecule has 5 heteroatoms. The van der Waals surface area contributed by atoms with E-state index in [1.807, 2.05) is 0 Å². The Morgan fingerprint density at radius 2 is 1.95 bits per heavy atom. The zero-order valence-electron chi connectivity index (χ0n) is 11.9. The molecule has 2 rings (SSSR count). The summed E-state index contributed by atoms with van der Waals surface area (Å²) in [5.41, 5.74) is -0.571. The molecule has 0 atom stereocenters. The summed E-state index contributed by atoms with van der Waals surface area (Å²) in [6.45, 7) is 6.05. The Morgan fingerprint density at radius 1 is 1.26 bits per heavy atom. The van der Waals surface area contributed by atoms with Crippen molar-refractivity contribution < 1.29 is 14.3 Å². The van der Waals surface area contributed by atoms with Gasteiger partial charge in [0.05, 0.1) is 6.61 Å². The number of rotatable bonds is 6. The van der Waals surface area contributed by atoms with Crippen LogP contribution in [0.3, 0.4) is 0 Å². The van der Waals surface area contributed by atoms with Crippen molar-refractivity contribution in [1.82, 2.24) is 10.2 Å². The van der Waals surface area contributed by atoms with E-state index in [1.165, 1.54) is 0 Å². The molecule has 0 aromatic heterocycles. The van der Waals surface area contributed by atoms with E-state index >= 15 is 0 Å². The van der Waals surface area contributed by atoms with E-state index in [1.54, 1.807) is 4.90 Å². The molecule has 0 radical (unpaired) electrons. The van der Waals surface area contributed by atoms with E-state index in [0.717, 1.165) is 32.1 Å². The van der Waals surface area contributed by atoms with E-state index in [4.69, 9.17) is 4.74 Å². The van der Waals surface area contributed by atoms with Crippen molar-refractivity contribution in [3.63, 3.8) is 0 Å². The summed E-state index contributed by atoms with van der Waals surface area (Å²) in [6.07, 6.45) is 4.64. The van der Waals surface area contributed by atoms with Gasteiger partial charge in [0.2, 0.25) is 0 Å². The third-order valence-electron chi connectivity index (χ3n) is 4.13. The fourth-order valence-electron chi connectivity index (χ4n) is 2.95. The third kappa shape index (κ3) is 2.91. The largest absolute Gasteiger partial charge is 0.380 e. The average Bonchev–Trinajstić information content (AvgIpc) is 2.90. The number of carbonyl (C=O) groups is 2. The Balaban J connectivity index is 1.84. The fraction of sp³-hybridized carbons (Fsp3) is 0.857. The Bertz CT molecular complexity index is 349. The molecule has 2 fully saturated rings. The van der Waals surface area contributed by atoms with Crippen molar-refractivity contribution in [3.8, 4) is 0 Å². The van der Waals surface area contributed by atoms with Crippen molar-refractivity contribution in [2.75, 3.05) is 19.8 Å². The van der Waals surface area contributed by atoms with Gasteiger partial charge < -0.3 is 9.64 Å². The minimum Gasteiger partial charge on any atom is -0.380 e. The molecule has 0 aromatic rings. The van der Waals surface area contributed by atoms with Gasteiger partial charge in [-0.3, -0.25) is 10.1 Å². The van der Waals surface area contributed by atoms with Crippen LogP contribution in [0.5, 0.6) is 0 Å². The molecule has 1 heterocycles. The van der Waals surface area contributed by atoms with Gasteiger partial charge in [-0.05, 0) is 25.2 Å². The molecule has 5 nitrogen and oxygen atoms in total. The van der Waals surface area contributed by atoms with Gasteiger partial charge in [0.25, 0.3) is 5.91 Å². The van der Waals surface area contributed by atoms with E-state index in [9.17, 15) is 9.59 Å². The lowest BCUT2D eigenvalue weighted by Gasteiger charge is -2.31. The monoisotopic (exact) mass is 268 g/mol. The van der Waals surface area contributed by atoms with Gasteiger partial charge in [-0.15, -0.1) is 0 Å². The third-order valence-corrected chi connectivity index (χ3v) is 4.13. The topological polar surface area (TPSA) is 58.6 Å². The number of imide groups is 1. The summed E-state index contributed by atoms with van der Waals surface area (Å²) in [6, 6.07) is -0.251. The normalized spacial score (nSPS) is 21.7. The number of nitrogens with zero attached hydrogens (tertiary/aromatic N) is 1. The van der Waals surface area contributed by atoms with Crippen LogP contribution in [-0.2, 0) is 9.53 Å². The summed E-state index contributed by atoms with van der Waals surface area (Å²) < 4.78 is 5.56. The molecule has 3 amide bonds. The van der Waals surface area contributed by atoms with Crippen LogP contribution in [0, 0.1) is 5.92 Å². The van der Waals surface area contributed by atoms with Gasteiger partial charge in [0.15, 0.2) is 0 Å². The lowest BCUT2D eigenvalue weighted by molar-refractivity contribution is -0.126. The number of amides is 3. The first-order chi connectivity index (χ1) is 9.06. The maximum atomic E-state index is 12.0. The summed E-state index contributed by atoms with van der Waals surface area (Å²) in [7, 11) is 0. The highest BCUT2D eigenvalue weighted by atomic mass is 16.5. The average molecular weight is 268 g/mol. The van der Waals surface area contributed by atoms with Crippen molar-refractivity contribution in [2.45, 2.75) is 51.5 Å². The van der Waals surface area contributed by atoms with Gasteiger partial charge in [0.1, 0.15) is 5.54 Å². The van der Waals surface area contributed by atoms with Crippen LogP contribution < -0.4 is 5.32 Å². The second kappa shape index (κ2) is 5.90. The van der Waals surface area contributed by atoms with Gasteiger partial charge in [-0.1, -0.05) is 26.7 Å². The molecule has 1 aliphatic heterocycles. The quantitative estimate of drug-likeness (QED) is 0.591. The number of carbonyl (C=O) groups excluding carboxylic acids is 2. The summed E-state index contributed by atoms with van der Waals surface area (Å²) in [5.74, 6) is 0.509. The van der Waals surface area contributed by atoms with Gasteiger partial charge in [-0.25, -0.2) is 4.79 Å². The highest BCUT2D eigenvalue weighted by molar-refractivity contribution is 6.07. The second-order valence-electron chi connectivity index (χ2n) is 5.94. The SMILES string of the molecule is CC(C)CCOCCN1C(=O)NC(=O)C12CCCC2. The van der Waals surface area contributed by atoms with Crippen LogP contribution >= 0.6 is 0 Å². The molecule has 0 aromatic carbocycles. The summed E-state index contributed by atoms with van der Waals surface area (Å²) in [4.78, 5) is 25.5. The van der Waals surface area contributed by atoms with Crippen molar-refractivity contribution in [1.29, 1.82) is 0 Å². The van der Waals surface area contributed by atoms with E-state index < -0.39 is 5.54 Å². The molecule has 1 saturated heterocycles. The second-order valence-corrected chi connectivity index (χ2v) is 5.94. The van der Waals surface area contributed by atoms with Crippen LogP contribution in [0.15, 0.2) is 0 Å². The van der Waals surface area contributed by atoms with Gasteiger partial charge in [-0.2, -0.15) is 0 Å². The molecule has 0 bridgehead atoms. The Hall–Kier alpha value is -1.10. The summed E-state index contributed by atoms with van der Waals surface area (Å²) >= 11 is 0. The number of hydrogen-bond acceptors (Lipinski definition) is 3. The maximum absolute atomic E-state index is 12.0. The van der Waals surface area contributed by atoms with Crippen LogP contribution in [-0.4, -0.2) is 42.1 Å². The molecule has 2 aliphatic rings. The molecule has 1 saturated carbocycles. The highest BCUT2D eigenvalue weighted by Gasteiger charge is 2.53. The first-order valence-corrected chi connectivity index (χ1v) is 7.27. The number of nitrogens with one attached hydrogen (secondary N) is 1. The maximum Gasteiger partial charge on any atom is 0.325 e. The van der Waals surface area contributed by atoms with Crippen LogP contribution in [0.2, 0.25) is 0 Å². The zero-order chi connectivity index (χ0) is 13.9. The standard InChI is InChI=1S/C14H24N2O3/c1-11(2)5-9-19-10-8-16-13(18)15-12(17)14(16)6-3-4-7-14/h11H,3-10H2,1-2H3,(H,15,17,18). The first kappa shape index (κ1) is 14.3.